The summed E-state index contributed by atoms with van der Waals surface area (Å²) in [6, 6.07) is 0. The molecule has 0 unspecified atom stereocenters. The summed E-state index contributed by atoms with van der Waals surface area (Å²) < 4.78 is 5.06. The Morgan fingerprint density at radius 1 is 1.67 bits per heavy atom. The zero-order valence-corrected chi connectivity index (χ0v) is 7.01. The van der Waals surface area contributed by atoms with Crippen molar-refractivity contribution in [2.75, 3.05) is 13.1 Å². The summed E-state index contributed by atoms with van der Waals surface area (Å²) in [7, 11) is 0. The smallest absolute Gasteiger partial charge is 0.320 e. The summed E-state index contributed by atoms with van der Waals surface area (Å²) in [4.78, 5) is 11.0. The number of ether oxygens (including phenoxy) is 1. The predicted molar refractivity (Wildman–Crippen MR) is 45.4 cm³/mol. The van der Waals surface area contributed by atoms with Gasteiger partial charge in [-0.2, -0.15) is 0 Å². The highest BCUT2D eigenvalue weighted by Crippen LogP contribution is 2.21. The van der Waals surface area contributed by atoms with Crippen LogP contribution in [0.4, 0.5) is 0 Å². The summed E-state index contributed by atoms with van der Waals surface area (Å²) in [5, 5.41) is 2.78. The highest BCUT2D eigenvalue weighted by molar-refractivity contribution is 5.71. The first-order valence-electron chi connectivity index (χ1n) is 4.16. The van der Waals surface area contributed by atoms with Crippen LogP contribution in [0.5, 0.6) is 0 Å². The molecule has 1 fully saturated rings. The average Bonchev–Trinajstić information content (AvgIpc) is 1.98. The Morgan fingerprint density at radius 3 is 2.92 bits per heavy atom. The largest absolute Gasteiger partial charge is 0.461 e. The summed E-state index contributed by atoms with van der Waals surface area (Å²) >= 11 is 0. The van der Waals surface area contributed by atoms with Crippen LogP contribution in [0.2, 0.25) is 0 Å². The van der Waals surface area contributed by atoms with E-state index in [1.165, 1.54) is 6.42 Å². The third-order valence-electron chi connectivity index (χ3n) is 1.85. The van der Waals surface area contributed by atoms with E-state index in [-0.39, 0.29) is 18.6 Å². The van der Waals surface area contributed by atoms with Crippen molar-refractivity contribution in [1.82, 2.24) is 5.32 Å². The fourth-order valence-electron chi connectivity index (χ4n) is 0.953. The SMILES string of the molecule is C#CCNCC(=O)OC1CCC1. The lowest BCUT2D eigenvalue weighted by Gasteiger charge is -2.25. The van der Waals surface area contributed by atoms with Crippen molar-refractivity contribution in [2.45, 2.75) is 25.4 Å². The number of carbonyl (C=O) groups is 1. The van der Waals surface area contributed by atoms with Crippen LogP contribution in [0.3, 0.4) is 0 Å². The maximum atomic E-state index is 11.0. The first-order chi connectivity index (χ1) is 5.83. The van der Waals surface area contributed by atoms with E-state index in [0.717, 1.165) is 12.8 Å². The quantitative estimate of drug-likeness (QED) is 0.372. The lowest BCUT2D eigenvalue weighted by Crippen LogP contribution is -2.31. The van der Waals surface area contributed by atoms with E-state index in [0.29, 0.717) is 6.54 Å². The van der Waals surface area contributed by atoms with Gasteiger partial charge in [0.2, 0.25) is 0 Å². The van der Waals surface area contributed by atoms with Gasteiger partial charge in [-0.3, -0.25) is 10.1 Å². The molecular weight excluding hydrogens is 154 g/mol. The molecule has 0 spiro atoms. The summed E-state index contributed by atoms with van der Waals surface area (Å²) in [5.74, 6) is 2.19. The lowest BCUT2D eigenvalue weighted by atomic mass is 9.96. The molecule has 0 atom stereocenters. The van der Waals surface area contributed by atoms with Crippen LogP contribution in [0.25, 0.3) is 0 Å². The fourth-order valence-corrected chi connectivity index (χ4v) is 0.953. The zero-order chi connectivity index (χ0) is 8.81. The van der Waals surface area contributed by atoms with Crippen molar-refractivity contribution >= 4 is 5.97 Å². The van der Waals surface area contributed by atoms with E-state index in [2.05, 4.69) is 11.2 Å². The Kier molecular flexibility index (Phi) is 3.62. The molecule has 1 rings (SSSR count). The van der Waals surface area contributed by atoms with Crippen LogP contribution in [0, 0.1) is 12.3 Å². The second-order valence-electron chi connectivity index (χ2n) is 2.85. The van der Waals surface area contributed by atoms with Gasteiger partial charge in [0.1, 0.15) is 6.10 Å². The maximum Gasteiger partial charge on any atom is 0.320 e. The summed E-state index contributed by atoms with van der Waals surface area (Å²) in [5.41, 5.74) is 0. The Balaban J connectivity index is 2.00. The number of hydrogen-bond donors (Lipinski definition) is 1. The number of carbonyl (C=O) groups excluding carboxylic acids is 1. The molecule has 66 valence electrons. The molecule has 0 amide bonds. The molecule has 1 aliphatic carbocycles. The Bertz CT molecular complexity index is 191. The van der Waals surface area contributed by atoms with Crippen molar-refractivity contribution in [1.29, 1.82) is 0 Å². The van der Waals surface area contributed by atoms with Crippen LogP contribution >= 0.6 is 0 Å². The molecule has 0 saturated heterocycles. The van der Waals surface area contributed by atoms with Crippen LogP contribution in [0.15, 0.2) is 0 Å². The Labute approximate surface area is 72.5 Å². The number of nitrogens with one attached hydrogen (secondary N) is 1. The highest BCUT2D eigenvalue weighted by Gasteiger charge is 2.20. The van der Waals surface area contributed by atoms with Crippen molar-refractivity contribution in [3.63, 3.8) is 0 Å². The molecule has 1 aliphatic rings. The van der Waals surface area contributed by atoms with Gasteiger partial charge in [-0.15, -0.1) is 6.42 Å². The molecule has 3 heteroatoms. The Hall–Kier alpha value is -1.01. The van der Waals surface area contributed by atoms with Crippen LogP contribution < -0.4 is 5.32 Å². The molecule has 0 radical (unpaired) electrons. The molecule has 1 N–H and O–H groups in total. The lowest BCUT2D eigenvalue weighted by molar-refractivity contribution is -0.151. The van der Waals surface area contributed by atoms with Crippen molar-refractivity contribution in [2.24, 2.45) is 0 Å². The first-order valence-corrected chi connectivity index (χ1v) is 4.16. The summed E-state index contributed by atoms with van der Waals surface area (Å²) in [6.07, 6.45) is 8.37. The monoisotopic (exact) mass is 167 g/mol. The van der Waals surface area contributed by atoms with Crippen molar-refractivity contribution in [3.05, 3.63) is 0 Å². The van der Waals surface area contributed by atoms with E-state index in [1.807, 2.05) is 0 Å². The number of hydrogen-bond acceptors (Lipinski definition) is 3. The number of terminal acetylenes is 1. The molecule has 3 nitrogen and oxygen atoms in total. The van der Waals surface area contributed by atoms with Crippen LogP contribution in [-0.4, -0.2) is 25.2 Å². The third kappa shape index (κ3) is 2.93. The zero-order valence-electron chi connectivity index (χ0n) is 7.01. The van der Waals surface area contributed by atoms with E-state index in [9.17, 15) is 4.79 Å². The van der Waals surface area contributed by atoms with Gasteiger partial charge in [0.25, 0.3) is 0 Å². The number of esters is 1. The topological polar surface area (TPSA) is 38.3 Å². The van der Waals surface area contributed by atoms with Crippen molar-refractivity contribution in [3.8, 4) is 12.3 Å². The normalized spacial score (nSPS) is 16.2. The third-order valence-corrected chi connectivity index (χ3v) is 1.85. The van der Waals surface area contributed by atoms with Gasteiger partial charge < -0.3 is 4.74 Å². The van der Waals surface area contributed by atoms with Gasteiger partial charge in [0.15, 0.2) is 0 Å². The molecule has 0 aromatic heterocycles. The molecule has 0 heterocycles. The van der Waals surface area contributed by atoms with Gasteiger partial charge in [0.05, 0.1) is 13.1 Å². The van der Waals surface area contributed by atoms with Crippen LogP contribution in [-0.2, 0) is 9.53 Å². The maximum absolute atomic E-state index is 11.0. The molecule has 0 bridgehead atoms. The standard InChI is InChI=1S/C9H13NO2/c1-2-6-10-7-9(11)12-8-4-3-5-8/h1,8,10H,3-7H2. The average molecular weight is 167 g/mol. The van der Waals surface area contributed by atoms with E-state index < -0.39 is 0 Å². The molecule has 12 heavy (non-hydrogen) atoms. The first kappa shape index (κ1) is 9.08. The van der Waals surface area contributed by atoms with Gasteiger partial charge in [-0.1, -0.05) is 5.92 Å². The molecule has 0 aromatic carbocycles. The number of rotatable bonds is 4. The minimum absolute atomic E-state index is 0.171. The van der Waals surface area contributed by atoms with Crippen LogP contribution in [0.1, 0.15) is 19.3 Å². The van der Waals surface area contributed by atoms with E-state index >= 15 is 0 Å². The van der Waals surface area contributed by atoms with E-state index in [4.69, 9.17) is 11.2 Å². The predicted octanol–water partition coefficient (Wildman–Crippen LogP) is 0.305. The van der Waals surface area contributed by atoms with E-state index in [1.54, 1.807) is 0 Å². The van der Waals surface area contributed by atoms with Crippen molar-refractivity contribution < 1.29 is 9.53 Å². The minimum Gasteiger partial charge on any atom is -0.461 e. The highest BCUT2D eigenvalue weighted by atomic mass is 16.5. The molecular formula is C9H13NO2. The molecule has 0 aliphatic heterocycles. The minimum atomic E-state index is -0.199. The fraction of sp³-hybridized carbons (Fsp3) is 0.667. The van der Waals surface area contributed by atoms with Gasteiger partial charge in [0, 0.05) is 0 Å². The second kappa shape index (κ2) is 4.78. The van der Waals surface area contributed by atoms with Gasteiger partial charge in [-0.25, -0.2) is 0 Å². The molecule has 1 saturated carbocycles. The second-order valence-corrected chi connectivity index (χ2v) is 2.85. The van der Waals surface area contributed by atoms with Gasteiger partial charge in [-0.05, 0) is 19.3 Å². The summed E-state index contributed by atoms with van der Waals surface area (Å²) in [6.45, 7) is 0.639. The molecule has 0 aromatic rings. The Morgan fingerprint density at radius 2 is 2.42 bits per heavy atom. The van der Waals surface area contributed by atoms with Gasteiger partial charge >= 0.3 is 5.97 Å².